The molecule has 2 aliphatic heterocycles. The molecule has 2 fully saturated rings. The number of anilines is 1. The molecule has 2 saturated heterocycles. The molecule has 0 aliphatic carbocycles. The Morgan fingerprint density at radius 1 is 1.58 bits per heavy atom. The number of hydrogen-bond donors (Lipinski definition) is 1. The molecule has 3 unspecified atom stereocenters. The van der Waals surface area contributed by atoms with E-state index in [0.29, 0.717) is 18.3 Å². The minimum Gasteiger partial charge on any atom is -0.377 e. The Balaban J connectivity index is 1.78. The van der Waals surface area contributed by atoms with E-state index in [2.05, 4.69) is 10.4 Å². The molecule has 0 spiro atoms. The maximum absolute atomic E-state index is 12.0. The van der Waals surface area contributed by atoms with E-state index in [1.165, 1.54) is 4.68 Å². The molecular formula is C13H18ClN3O2. The Bertz CT molecular complexity index is 531. The lowest BCUT2D eigenvalue weighted by molar-refractivity contribution is 0.102. The van der Waals surface area contributed by atoms with Gasteiger partial charge in [0.1, 0.15) is 5.02 Å². The first-order valence-electron chi connectivity index (χ1n) is 6.86. The van der Waals surface area contributed by atoms with Crippen molar-refractivity contribution in [3.8, 4) is 0 Å². The van der Waals surface area contributed by atoms with Crippen LogP contribution >= 0.6 is 11.6 Å². The fraction of sp³-hybridized carbons (Fsp3) is 0.692. The van der Waals surface area contributed by atoms with Crippen molar-refractivity contribution in [2.45, 2.75) is 57.4 Å². The number of nitrogens with one attached hydrogen (secondary N) is 1. The number of aryl methyl sites for hydroxylation is 1. The van der Waals surface area contributed by atoms with Gasteiger partial charge in [-0.05, 0) is 25.7 Å². The highest BCUT2D eigenvalue weighted by Gasteiger charge is 2.40. The number of hydrogen-bond acceptors (Lipinski definition) is 4. The van der Waals surface area contributed by atoms with E-state index in [1.54, 1.807) is 6.20 Å². The molecule has 3 heterocycles. The Kier molecular flexibility index (Phi) is 3.50. The molecule has 2 bridgehead atoms. The van der Waals surface area contributed by atoms with E-state index in [0.717, 1.165) is 25.7 Å². The second-order valence-corrected chi connectivity index (χ2v) is 5.64. The van der Waals surface area contributed by atoms with Gasteiger partial charge in [0.05, 0.1) is 30.1 Å². The summed E-state index contributed by atoms with van der Waals surface area (Å²) in [6.07, 6.45) is 6.34. The summed E-state index contributed by atoms with van der Waals surface area (Å²) in [6, 6.07) is 0.250. The predicted octanol–water partition coefficient (Wildman–Crippen LogP) is 2.04. The van der Waals surface area contributed by atoms with Crippen LogP contribution in [-0.2, 0) is 11.3 Å². The SMILES string of the molecule is CCCn1ncc(NC2CC3CCC2O3)c(Cl)c1=O. The number of aromatic nitrogens is 2. The second-order valence-electron chi connectivity index (χ2n) is 5.26. The maximum atomic E-state index is 12.0. The van der Waals surface area contributed by atoms with Gasteiger partial charge in [-0.3, -0.25) is 4.79 Å². The molecule has 5 nitrogen and oxygen atoms in total. The van der Waals surface area contributed by atoms with Gasteiger partial charge in [-0.2, -0.15) is 5.10 Å². The highest BCUT2D eigenvalue weighted by atomic mass is 35.5. The third-order valence-electron chi connectivity index (χ3n) is 3.87. The summed E-state index contributed by atoms with van der Waals surface area (Å²) in [5.74, 6) is 0. The van der Waals surface area contributed by atoms with Gasteiger partial charge < -0.3 is 10.1 Å². The number of ether oxygens (including phenoxy) is 1. The highest BCUT2D eigenvalue weighted by Crippen LogP contribution is 2.36. The van der Waals surface area contributed by atoms with E-state index < -0.39 is 0 Å². The molecule has 1 aromatic heterocycles. The lowest BCUT2D eigenvalue weighted by Crippen LogP contribution is -2.32. The van der Waals surface area contributed by atoms with E-state index >= 15 is 0 Å². The van der Waals surface area contributed by atoms with Crippen LogP contribution in [0.4, 0.5) is 5.69 Å². The van der Waals surface area contributed by atoms with Gasteiger partial charge in [0.15, 0.2) is 0 Å². The molecule has 0 saturated carbocycles. The first-order chi connectivity index (χ1) is 9.19. The summed E-state index contributed by atoms with van der Waals surface area (Å²) in [7, 11) is 0. The monoisotopic (exact) mass is 283 g/mol. The van der Waals surface area contributed by atoms with Gasteiger partial charge in [0, 0.05) is 6.54 Å². The number of nitrogens with zero attached hydrogens (tertiary/aromatic N) is 2. The van der Waals surface area contributed by atoms with Gasteiger partial charge in [-0.25, -0.2) is 4.68 Å². The smallest absolute Gasteiger partial charge is 0.287 e. The van der Waals surface area contributed by atoms with Crippen LogP contribution in [0.3, 0.4) is 0 Å². The first kappa shape index (κ1) is 12.9. The van der Waals surface area contributed by atoms with Crippen molar-refractivity contribution in [1.82, 2.24) is 9.78 Å². The van der Waals surface area contributed by atoms with Gasteiger partial charge in [-0.1, -0.05) is 18.5 Å². The molecule has 0 aromatic carbocycles. The van der Waals surface area contributed by atoms with Crippen LogP contribution in [0.25, 0.3) is 0 Å². The van der Waals surface area contributed by atoms with Crippen molar-refractivity contribution in [3.05, 3.63) is 21.6 Å². The summed E-state index contributed by atoms with van der Waals surface area (Å²) < 4.78 is 7.19. The van der Waals surface area contributed by atoms with Crippen LogP contribution in [0.15, 0.2) is 11.0 Å². The van der Waals surface area contributed by atoms with Crippen LogP contribution in [0.2, 0.25) is 5.02 Å². The molecule has 3 rings (SSSR count). The second kappa shape index (κ2) is 5.13. The van der Waals surface area contributed by atoms with E-state index in [-0.39, 0.29) is 22.7 Å². The Labute approximate surface area is 116 Å². The minimum absolute atomic E-state index is 0.224. The zero-order valence-electron chi connectivity index (χ0n) is 10.9. The Morgan fingerprint density at radius 3 is 3.05 bits per heavy atom. The zero-order valence-corrected chi connectivity index (χ0v) is 11.7. The van der Waals surface area contributed by atoms with E-state index in [1.807, 2.05) is 6.92 Å². The fourth-order valence-electron chi connectivity index (χ4n) is 2.93. The van der Waals surface area contributed by atoms with Crippen molar-refractivity contribution < 1.29 is 4.74 Å². The molecule has 3 atom stereocenters. The topological polar surface area (TPSA) is 56.1 Å². The van der Waals surface area contributed by atoms with E-state index in [9.17, 15) is 4.79 Å². The summed E-state index contributed by atoms with van der Waals surface area (Å²) in [4.78, 5) is 12.0. The summed E-state index contributed by atoms with van der Waals surface area (Å²) in [5.41, 5.74) is 0.401. The predicted molar refractivity (Wildman–Crippen MR) is 73.7 cm³/mol. The van der Waals surface area contributed by atoms with Crippen molar-refractivity contribution in [1.29, 1.82) is 0 Å². The van der Waals surface area contributed by atoms with Crippen molar-refractivity contribution >= 4 is 17.3 Å². The van der Waals surface area contributed by atoms with Crippen LogP contribution in [-0.4, -0.2) is 28.0 Å². The lowest BCUT2D eigenvalue weighted by Gasteiger charge is -2.21. The maximum Gasteiger partial charge on any atom is 0.287 e. The van der Waals surface area contributed by atoms with Crippen LogP contribution in [0, 0.1) is 0 Å². The van der Waals surface area contributed by atoms with Crippen LogP contribution in [0.1, 0.15) is 32.6 Å². The summed E-state index contributed by atoms with van der Waals surface area (Å²) >= 11 is 6.14. The average Bonchev–Trinajstić information content (AvgIpc) is 3.01. The van der Waals surface area contributed by atoms with Crippen LogP contribution in [0.5, 0.6) is 0 Å². The van der Waals surface area contributed by atoms with Gasteiger partial charge >= 0.3 is 0 Å². The molecule has 2 aliphatic rings. The number of fused-ring (bicyclic) bond motifs is 2. The molecule has 104 valence electrons. The standard InChI is InChI=1S/C13H18ClN3O2/c1-2-5-17-13(18)12(14)10(7-15-17)16-9-6-8-3-4-11(9)19-8/h7-9,11,16H,2-6H2,1H3. The van der Waals surface area contributed by atoms with Crippen molar-refractivity contribution in [2.75, 3.05) is 5.32 Å². The third kappa shape index (κ3) is 2.37. The summed E-state index contributed by atoms with van der Waals surface area (Å²) in [5, 5.41) is 7.70. The van der Waals surface area contributed by atoms with Crippen molar-refractivity contribution in [3.63, 3.8) is 0 Å². The highest BCUT2D eigenvalue weighted by molar-refractivity contribution is 6.32. The molecule has 6 heteroatoms. The zero-order chi connectivity index (χ0) is 13.4. The van der Waals surface area contributed by atoms with Crippen LogP contribution < -0.4 is 10.9 Å². The average molecular weight is 284 g/mol. The molecule has 1 aromatic rings. The van der Waals surface area contributed by atoms with Gasteiger partial charge in [0.2, 0.25) is 0 Å². The number of halogens is 1. The molecular weight excluding hydrogens is 266 g/mol. The normalized spacial score (nSPS) is 28.8. The summed E-state index contributed by atoms with van der Waals surface area (Å²) in [6.45, 7) is 2.59. The lowest BCUT2D eigenvalue weighted by atomic mass is 9.95. The Morgan fingerprint density at radius 2 is 2.42 bits per heavy atom. The third-order valence-corrected chi connectivity index (χ3v) is 4.23. The molecule has 19 heavy (non-hydrogen) atoms. The number of rotatable bonds is 4. The molecule has 0 amide bonds. The molecule has 1 N–H and O–H groups in total. The Hall–Kier alpha value is -1.07. The minimum atomic E-state index is -0.224. The van der Waals surface area contributed by atoms with Crippen molar-refractivity contribution in [2.24, 2.45) is 0 Å². The molecule has 0 radical (unpaired) electrons. The van der Waals surface area contributed by atoms with E-state index in [4.69, 9.17) is 16.3 Å². The van der Waals surface area contributed by atoms with Gasteiger partial charge in [0.25, 0.3) is 5.56 Å². The van der Waals surface area contributed by atoms with Gasteiger partial charge in [-0.15, -0.1) is 0 Å². The first-order valence-corrected chi connectivity index (χ1v) is 7.24. The largest absolute Gasteiger partial charge is 0.377 e. The fourth-order valence-corrected chi connectivity index (χ4v) is 3.13. The quantitative estimate of drug-likeness (QED) is 0.919.